The summed E-state index contributed by atoms with van der Waals surface area (Å²) >= 11 is 0. The van der Waals surface area contributed by atoms with Gasteiger partial charge in [-0.2, -0.15) is 5.26 Å². The van der Waals surface area contributed by atoms with Gasteiger partial charge in [-0.3, -0.25) is 4.79 Å². The van der Waals surface area contributed by atoms with Gasteiger partial charge in [-0.1, -0.05) is 0 Å². The highest BCUT2D eigenvalue weighted by atomic mass is 16.1. The lowest BCUT2D eigenvalue weighted by Gasteiger charge is -2.34. The Bertz CT molecular complexity index is 481. The van der Waals surface area contributed by atoms with Crippen molar-refractivity contribution < 1.29 is 9.69 Å². The van der Waals surface area contributed by atoms with E-state index in [1.165, 1.54) is 4.90 Å². The molecule has 0 spiro atoms. The molecule has 2 rings (SSSR count). The SMILES string of the molecule is CC(=O)c1ccc(N2CC[NH+]([C@H](C)C#N)CC2)cc1. The summed E-state index contributed by atoms with van der Waals surface area (Å²) in [4.78, 5) is 14.9. The molecule has 19 heavy (non-hydrogen) atoms. The number of carbonyl (C=O) groups is 1. The molecule has 0 unspecified atom stereocenters. The monoisotopic (exact) mass is 258 g/mol. The van der Waals surface area contributed by atoms with Crippen molar-refractivity contribution in [2.24, 2.45) is 0 Å². The molecule has 0 aromatic heterocycles. The molecule has 4 nitrogen and oxygen atoms in total. The maximum Gasteiger partial charge on any atom is 0.172 e. The molecule has 1 aromatic carbocycles. The number of hydrogen-bond donors (Lipinski definition) is 1. The fourth-order valence-corrected chi connectivity index (χ4v) is 2.48. The maximum absolute atomic E-state index is 11.2. The summed E-state index contributed by atoms with van der Waals surface area (Å²) < 4.78 is 0. The number of ketones is 1. The van der Waals surface area contributed by atoms with Gasteiger partial charge in [0, 0.05) is 18.2 Å². The number of quaternary nitrogens is 1. The van der Waals surface area contributed by atoms with Crippen LogP contribution < -0.4 is 9.80 Å². The Kier molecular flexibility index (Phi) is 4.18. The lowest BCUT2D eigenvalue weighted by Crippen LogP contribution is -3.17. The van der Waals surface area contributed by atoms with Gasteiger partial charge in [0.25, 0.3) is 0 Å². The van der Waals surface area contributed by atoms with E-state index in [1.54, 1.807) is 6.92 Å². The zero-order valence-electron chi connectivity index (χ0n) is 11.5. The summed E-state index contributed by atoms with van der Waals surface area (Å²) in [7, 11) is 0. The lowest BCUT2D eigenvalue weighted by molar-refractivity contribution is -0.915. The van der Waals surface area contributed by atoms with Gasteiger partial charge in [-0.05, 0) is 31.2 Å². The fourth-order valence-electron chi connectivity index (χ4n) is 2.48. The van der Waals surface area contributed by atoms with Gasteiger partial charge in [0.05, 0.1) is 26.2 Å². The molecule has 1 aliphatic heterocycles. The lowest BCUT2D eigenvalue weighted by atomic mass is 10.1. The molecule has 1 aliphatic rings. The van der Waals surface area contributed by atoms with Crippen LogP contribution in [-0.4, -0.2) is 38.0 Å². The van der Waals surface area contributed by atoms with Gasteiger partial charge in [0.1, 0.15) is 6.07 Å². The number of nitrogens with one attached hydrogen (secondary N) is 1. The van der Waals surface area contributed by atoms with Gasteiger partial charge in [-0.15, -0.1) is 0 Å². The third-order valence-corrected chi connectivity index (χ3v) is 3.85. The normalized spacial score (nSPS) is 17.8. The average molecular weight is 258 g/mol. The van der Waals surface area contributed by atoms with Gasteiger partial charge in [0.2, 0.25) is 0 Å². The molecule has 1 aromatic rings. The third-order valence-electron chi connectivity index (χ3n) is 3.85. The minimum atomic E-state index is 0.0715. The fraction of sp³-hybridized carbons (Fsp3) is 0.467. The van der Waals surface area contributed by atoms with Crippen molar-refractivity contribution >= 4 is 11.5 Å². The minimum absolute atomic E-state index is 0.0715. The number of nitrogens with zero attached hydrogens (tertiary/aromatic N) is 2. The predicted molar refractivity (Wildman–Crippen MR) is 74.4 cm³/mol. The first-order valence-corrected chi connectivity index (χ1v) is 6.72. The molecule has 1 atom stereocenters. The number of benzene rings is 1. The summed E-state index contributed by atoms with van der Waals surface area (Å²) in [5.74, 6) is 0.101. The maximum atomic E-state index is 11.2. The molecule has 0 bridgehead atoms. The first-order valence-electron chi connectivity index (χ1n) is 6.72. The zero-order valence-corrected chi connectivity index (χ0v) is 11.5. The number of Topliss-reactive ketones (excluding diaryl/α,β-unsaturated/α-hetero) is 1. The summed E-state index contributed by atoms with van der Waals surface area (Å²) in [5.41, 5.74) is 1.92. The number of carbonyl (C=O) groups excluding carboxylic acids is 1. The van der Waals surface area contributed by atoms with E-state index in [-0.39, 0.29) is 11.8 Å². The molecule has 1 heterocycles. The summed E-state index contributed by atoms with van der Waals surface area (Å²) in [6.45, 7) is 7.46. The third kappa shape index (κ3) is 3.12. The molecule has 0 saturated carbocycles. The van der Waals surface area contributed by atoms with Crippen LogP contribution in [0.1, 0.15) is 24.2 Å². The second-order valence-corrected chi connectivity index (χ2v) is 5.10. The van der Waals surface area contributed by atoms with Gasteiger partial charge in [-0.25, -0.2) is 0 Å². The Balaban J connectivity index is 1.98. The first-order chi connectivity index (χ1) is 9.11. The van der Waals surface area contributed by atoms with Crippen LogP contribution in [0, 0.1) is 11.3 Å². The number of nitriles is 1. The van der Waals surface area contributed by atoms with E-state index in [0.717, 1.165) is 37.4 Å². The van der Waals surface area contributed by atoms with Crippen molar-refractivity contribution in [2.45, 2.75) is 19.9 Å². The minimum Gasteiger partial charge on any atom is -0.360 e. The highest BCUT2D eigenvalue weighted by Gasteiger charge is 2.24. The van der Waals surface area contributed by atoms with Crippen LogP contribution in [0.25, 0.3) is 0 Å². The number of hydrogen-bond acceptors (Lipinski definition) is 3. The van der Waals surface area contributed by atoms with E-state index in [1.807, 2.05) is 31.2 Å². The van der Waals surface area contributed by atoms with E-state index in [4.69, 9.17) is 5.26 Å². The van der Waals surface area contributed by atoms with Crippen LogP contribution in [0.2, 0.25) is 0 Å². The molecule has 1 fully saturated rings. The molecular formula is C15H20N3O+. The average Bonchev–Trinajstić information content (AvgIpc) is 2.46. The Morgan fingerprint density at radius 3 is 2.37 bits per heavy atom. The number of anilines is 1. The largest absolute Gasteiger partial charge is 0.360 e. The Hall–Kier alpha value is -1.86. The topological polar surface area (TPSA) is 48.5 Å². The van der Waals surface area contributed by atoms with Crippen molar-refractivity contribution in [2.75, 3.05) is 31.1 Å². The highest BCUT2D eigenvalue weighted by molar-refractivity contribution is 5.94. The first kappa shape index (κ1) is 13.6. The van der Waals surface area contributed by atoms with Crippen LogP contribution in [0.3, 0.4) is 0 Å². The molecule has 0 amide bonds. The van der Waals surface area contributed by atoms with E-state index in [2.05, 4.69) is 11.0 Å². The standard InChI is InChI=1S/C15H19N3O/c1-12(11-16)17-7-9-18(10-8-17)15-5-3-14(4-6-15)13(2)19/h3-6,12H,7-10H2,1-2H3/p+1/t12-/m1/s1. The van der Waals surface area contributed by atoms with E-state index in [0.29, 0.717) is 0 Å². The van der Waals surface area contributed by atoms with E-state index >= 15 is 0 Å². The van der Waals surface area contributed by atoms with Crippen LogP contribution in [-0.2, 0) is 0 Å². The van der Waals surface area contributed by atoms with Crippen molar-refractivity contribution in [3.63, 3.8) is 0 Å². The van der Waals surface area contributed by atoms with Crippen molar-refractivity contribution in [3.8, 4) is 6.07 Å². The molecule has 100 valence electrons. The second kappa shape index (κ2) is 5.85. The molecular weight excluding hydrogens is 238 g/mol. The summed E-state index contributed by atoms with van der Waals surface area (Å²) in [6, 6.07) is 10.2. The Morgan fingerprint density at radius 1 is 1.32 bits per heavy atom. The van der Waals surface area contributed by atoms with Crippen molar-refractivity contribution in [1.29, 1.82) is 5.26 Å². The number of piperazine rings is 1. The Morgan fingerprint density at radius 2 is 1.89 bits per heavy atom. The summed E-state index contributed by atoms with van der Waals surface area (Å²) in [6.07, 6.45) is 0. The Labute approximate surface area is 114 Å². The smallest absolute Gasteiger partial charge is 0.172 e. The van der Waals surface area contributed by atoms with Gasteiger partial charge in [0.15, 0.2) is 11.8 Å². The van der Waals surface area contributed by atoms with Crippen LogP contribution in [0.5, 0.6) is 0 Å². The predicted octanol–water partition coefficient (Wildman–Crippen LogP) is 0.506. The van der Waals surface area contributed by atoms with Crippen LogP contribution in [0.15, 0.2) is 24.3 Å². The van der Waals surface area contributed by atoms with E-state index < -0.39 is 0 Å². The molecule has 4 heteroatoms. The van der Waals surface area contributed by atoms with E-state index in [9.17, 15) is 4.79 Å². The molecule has 1 saturated heterocycles. The van der Waals surface area contributed by atoms with Crippen molar-refractivity contribution in [1.82, 2.24) is 0 Å². The van der Waals surface area contributed by atoms with Crippen molar-refractivity contribution in [3.05, 3.63) is 29.8 Å². The summed E-state index contributed by atoms with van der Waals surface area (Å²) in [5, 5.41) is 8.94. The second-order valence-electron chi connectivity index (χ2n) is 5.10. The van der Waals surface area contributed by atoms with Gasteiger partial charge < -0.3 is 9.80 Å². The zero-order chi connectivity index (χ0) is 13.8. The highest BCUT2D eigenvalue weighted by Crippen LogP contribution is 2.15. The van der Waals surface area contributed by atoms with Gasteiger partial charge >= 0.3 is 0 Å². The van der Waals surface area contributed by atoms with Crippen LogP contribution >= 0.6 is 0 Å². The number of rotatable bonds is 3. The molecule has 1 N–H and O–H groups in total. The quantitative estimate of drug-likeness (QED) is 0.804. The molecule has 0 radical (unpaired) electrons. The molecule has 0 aliphatic carbocycles. The van der Waals surface area contributed by atoms with Crippen LogP contribution in [0.4, 0.5) is 5.69 Å².